The Morgan fingerprint density at radius 3 is 1.81 bits per heavy atom. The van der Waals surface area contributed by atoms with E-state index in [1.807, 2.05) is 18.3 Å². The maximum Gasteiger partial charge on any atom is 0.137 e. The van der Waals surface area contributed by atoms with Gasteiger partial charge in [0.05, 0.1) is 22.4 Å². The van der Waals surface area contributed by atoms with Crippen molar-refractivity contribution in [2.45, 2.75) is 47.0 Å². The molecule has 0 aliphatic carbocycles. The van der Waals surface area contributed by atoms with Crippen LogP contribution in [0.4, 0.5) is 22.7 Å². The summed E-state index contributed by atoms with van der Waals surface area (Å²) in [6.45, 7) is 13.2. The fourth-order valence-electron chi connectivity index (χ4n) is 8.23. The number of ether oxygens (including phenoxy) is 1. The summed E-state index contributed by atoms with van der Waals surface area (Å²) in [6, 6.07) is 57.6. The van der Waals surface area contributed by atoms with Crippen molar-refractivity contribution in [1.29, 1.82) is 0 Å². The van der Waals surface area contributed by atoms with Crippen LogP contribution >= 0.6 is 0 Å². The van der Waals surface area contributed by atoms with Crippen LogP contribution in [-0.2, 0) is 5.41 Å². The van der Waals surface area contributed by atoms with E-state index in [4.69, 9.17) is 9.72 Å². The zero-order valence-corrected chi connectivity index (χ0v) is 34.5. The Morgan fingerprint density at radius 1 is 0.525 bits per heavy atom. The quantitative estimate of drug-likeness (QED) is 0.154. The van der Waals surface area contributed by atoms with Gasteiger partial charge in [0.1, 0.15) is 17.3 Å². The highest BCUT2D eigenvalue weighted by molar-refractivity contribution is 6.09. The van der Waals surface area contributed by atoms with E-state index in [0.29, 0.717) is 0 Å². The van der Waals surface area contributed by atoms with Crippen LogP contribution in [-0.4, -0.2) is 9.55 Å². The largest absolute Gasteiger partial charge is 0.457 e. The van der Waals surface area contributed by atoms with Gasteiger partial charge < -0.3 is 15.4 Å². The summed E-state index contributed by atoms with van der Waals surface area (Å²) < 4.78 is 8.93. The van der Waals surface area contributed by atoms with E-state index in [1.54, 1.807) is 0 Å². The minimum absolute atomic E-state index is 0.00773. The SMILES string of the molecule is Cc1cc(C)c(Nc2cc(-c3ccccc3)c(-c3ccccc3)cc2Nc2cccc(Oc3ccc4c5ccccc5n(-c5cc(C(C)(C)C)ccn5)c4c3)c2)c(C)c1. The second-order valence-corrected chi connectivity index (χ2v) is 16.5. The third-order valence-corrected chi connectivity index (χ3v) is 11.1. The molecule has 7 aromatic carbocycles. The lowest BCUT2D eigenvalue weighted by atomic mass is 9.88. The highest BCUT2D eigenvalue weighted by atomic mass is 16.5. The average molecular weight is 769 g/mol. The fraction of sp³-hybridized carbons (Fsp3) is 0.130. The lowest BCUT2D eigenvalue weighted by molar-refractivity contribution is 0.483. The molecule has 0 saturated carbocycles. The monoisotopic (exact) mass is 768 g/mol. The zero-order valence-electron chi connectivity index (χ0n) is 34.5. The smallest absolute Gasteiger partial charge is 0.137 e. The maximum atomic E-state index is 6.68. The van der Waals surface area contributed by atoms with E-state index >= 15 is 0 Å². The van der Waals surface area contributed by atoms with Crippen molar-refractivity contribution < 1.29 is 4.74 Å². The number of nitrogens with one attached hydrogen (secondary N) is 2. The summed E-state index contributed by atoms with van der Waals surface area (Å²) in [5, 5.41) is 9.98. The maximum absolute atomic E-state index is 6.68. The van der Waals surface area contributed by atoms with E-state index in [0.717, 1.165) is 78.7 Å². The third-order valence-electron chi connectivity index (χ3n) is 11.1. The summed E-state index contributed by atoms with van der Waals surface area (Å²) in [5.41, 5.74) is 15.6. The topological polar surface area (TPSA) is 51.1 Å². The molecule has 2 aromatic heterocycles. The van der Waals surface area contributed by atoms with Gasteiger partial charge in [-0.15, -0.1) is 0 Å². The number of aromatic nitrogens is 2. The van der Waals surface area contributed by atoms with Crippen LogP contribution in [0.25, 0.3) is 49.9 Å². The van der Waals surface area contributed by atoms with Crippen molar-refractivity contribution in [2.75, 3.05) is 10.6 Å². The van der Waals surface area contributed by atoms with E-state index in [1.165, 1.54) is 27.6 Å². The first-order valence-electron chi connectivity index (χ1n) is 20.3. The Kier molecular flexibility index (Phi) is 9.74. The van der Waals surface area contributed by atoms with E-state index < -0.39 is 0 Å². The Bertz CT molecular complexity index is 2950. The number of hydrogen-bond donors (Lipinski definition) is 2. The van der Waals surface area contributed by atoms with E-state index in [2.05, 4.69) is 208 Å². The van der Waals surface area contributed by atoms with Gasteiger partial charge in [0.15, 0.2) is 0 Å². The van der Waals surface area contributed by atoms with Crippen LogP contribution in [0.15, 0.2) is 170 Å². The molecule has 2 N–H and O–H groups in total. The highest BCUT2D eigenvalue weighted by Crippen LogP contribution is 2.42. The molecule has 290 valence electrons. The lowest BCUT2D eigenvalue weighted by Crippen LogP contribution is -2.12. The van der Waals surface area contributed by atoms with Crippen molar-refractivity contribution in [3.05, 3.63) is 192 Å². The van der Waals surface area contributed by atoms with Crippen LogP contribution in [0.1, 0.15) is 43.0 Å². The van der Waals surface area contributed by atoms with Gasteiger partial charge in [-0.1, -0.05) is 123 Å². The van der Waals surface area contributed by atoms with Crippen LogP contribution in [0, 0.1) is 20.8 Å². The molecule has 0 atom stereocenters. The first-order valence-corrected chi connectivity index (χ1v) is 20.3. The number of aryl methyl sites for hydroxylation is 3. The van der Waals surface area contributed by atoms with Gasteiger partial charge in [-0.25, -0.2) is 4.98 Å². The van der Waals surface area contributed by atoms with Crippen LogP contribution < -0.4 is 15.4 Å². The molecule has 0 spiro atoms. The van der Waals surface area contributed by atoms with Gasteiger partial charge in [-0.3, -0.25) is 4.57 Å². The molecule has 0 fully saturated rings. The molecule has 59 heavy (non-hydrogen) atoms. The predicted molar refractivity (Wildman–Crippen MR) is 248 cm³/mol. The van der Waals surface area contributed by atoms with Gasteiger partial charge >= 0.3 is 0 Å². The number of nitrogens with zero attached hydrogens (tertiary/aromatic N) is 2. The molecule has 2 heterocycles. The molecule has 0 aliphatic heterocycles. The second-order valence-electron chi connectivity index (χ2n) is 16.5. The van der Waals surface area contributed by atoms with Gasteiger partial charge in [-0.05, 0) is 120 Å². The molecule has 0 amide bonds. The number of fused-ring (bicyclic) bond motifs is 3. The van der Waals surface area contributed by atoms with E-state index in [9.17, 15) is 0 Å². The average Bonchev–Trinajstić information content (AvgIpc) is 3.56. The summed E-state index contributed by atoms with van der Waals surface area (Å²) in [5.74, 6) is 2.37. The van der Waals surface area contributed by atoms with Crippen LogP contribution in [0.5, 0.6) is 11.5 Å². The number of para-hydroxylation sites is 1. The molecule has 0 bridgehead atoms. The minimum atomic E-state index is -0.00773. The fourth-order valence-corrected chi connectivity index (χ4v) is 8.23. The van der Waals surface area contributed by atoms with Crippen molar-refractivity contribution in [3.8, 4) is 39.6 Å². The first kappa shape index (κ1) is 37.5. The normalized spacial score (nSPS) is 11.6. The second kappa shape index (κ2) is 15.3. The molecular formula is C54H48N4O. The molecule has 9 rings (SSSR count). The van der Waals surface area contributed by atoms with Gasteiger partial charge in [0.25, 0.3) is 0 Å². The molecule has 0 aliphatic rings. The molecule has 0 saturated heterocycles. The van der Waals surface area contributed by atoms with Gasteiger partial charge in [0, 0.05) is 40.5 Å². The summed E-state index contributed by atoms with van der Waals surface area (Å²) in [4.78, 5) is 4.86. The third kappa shape index (κ3) is 7.55. The van der Waals surface area contributed by atoms with Crippen LogP contribution in [0.3, 0.4) is 0 Å². The van der Waals surface area contributed by atoms with Crippen molar-refractivity contribution in [3.63, 3.8) is 0 Å². The Hall–Kier alpha value is -7.11. The molecule has 9 aromatic rings. The van der Waals surface area contributed by atoms with Gasteiger partial charge in [-0.2, -0.15) is 0 Å². The number of hydrogen-bond acceptors (Lipinski definition) is 4. The minimum Gasteiger partial charge on any atom is -0.457 e. The highest BCUT2D eigenvalue weighted by Gasteiger charge is 2.19. The van der Waals surface area contributed by atoms with Crippen molar-refractivity contribution in [1.82, 2.24) is 9.55 Å². The number of anilines is 4. The molecule has 5 heteroatoms. The lowest BCUT2D eigenvalue weighted by Gasteiger charge is -2.22. The Labute approximate surface area is 347 Å². The predicted octanol–water partition coefficient (Wildman–Crippen LogP) is 15.0. The molecule has 0 radical (unpaired) electrons. The summed E-state index contributed by atoms with van der Waals surface area (Å²) >= 11 is 0. The standard InChI is InChI=1S/C54H48N4O/c1-35-28-36(2)53(37(3)29-35)57-49-34-47(39-18-11-8-12-19-39)46(38-16-9-7-10-17-38)33-48(49)56-41-20-15-21-42(31-41)59-43-24-25-45-44-22-13-14-23-50(44)58(51(45)32-43)52-30-40(26-27-55-52)54(4,5)6/h7-34,56-57H,1-6H3. The molecule has 5 nitrogen and oxygen atoms in total. The molecular weight excluding hydrogens is 721 g/mol. The van der Waals surface area contributed by atoms with Crippen molar-refractivity contribution >= 4 is 44.6 Å². The number of rotatable bonds is 9. The summed E-state index contributed by atoms with van der Waals surface area (Å²) in [7, 11) is 0. The van der Waals surface area contributed by atoms with Crippen LogP contribution in [0.2, 0.25) is 0 Å². The number of benzene rings is 7. The Balaban J connectivity index is 1.11. The summed E-state index contributed by atoms with van der Waals surface area (Å²) in [6.07, 6.45) is 1.91. The molecule has 0 unspecified atom stereocenters. The zero-order chi connectivity index (χ0) is 40.7. The first-order chi connectivity index (χ1) is 28.6. The van der Waals surface area contributed by atoms with E-state index in [-0.39, 0.29) is 5.41 Å². The van der Waals surface area contributed by atoms with Gasteiger partial charge in [0.2, 0.25) is 0 Å². The van der Waals surface area contributed by atoms with Crippen molar-refractivity contribution in [2.24, 2.45) is 0 Å². The number of pyridine rings is 1. The Morgan fingerprint density at radius 2 is 1.14 bits per heavy atom.